The first-order valence-corrected chi connectivity index (χ1v) is 15.9. The number of hydrogen-bond acceptors (Lipinski definition) is 5. The summed E-state index contributed by atoms with van der Waals surface area (Å²) < 4.78 is 13.7. The number of benzene rings is 4. The highest BCUT2D eigenvalue weighted by atomic mass is 19.1. The van der Waals surface area contributed by atoms with Crippen LogP contribution in [0.5, 0.6) is 0 Å². The number of aromatic nitrogens is 5. The van der Waals surface area contributed by atoms with Crippen molar-refractivity contribution in [2.75, 3.05) is 0 Å². The highest BCUT2D eigenvalue weighted by Gasteiger charge is 2.13. The van der Waals surface area contributed by atoms with Crippen LogP contribution in [0.4, 0.5) is 4.39 Å². The summed E-state index contributed by atoms with van der Waals surface area (Å²) in [5.41, 5.74) is 11.4. The lowest BCUT2D eigenvalue weighted by Gasteiger charge is -2.11. The first-order valence-electron chi connectivity index (χ1n) is 15.9. The van der Waals surface area contributed by atoms with Crippen molar-refractivity contribution in [2.24, 2.45) is 0 Å². The van der Waals surface area contributed by atoms with Crippen LogP contribution in [-0.4, -0.2) is 24.9 Å². The van der Waals surface area contributed by atoms with Gasteiger partial charge in [-0.05, 0) is 65.2 Å². The van der Waals surface area contributed by atoms with E-state index in [1.165, 1.54) is 12.1 Å². The Labute approximate surface area is 283 Å². The molecular formula is C43H28FN5. The summed E-state index contributed by atoms with van der Waals surface area (Å²) >= 11 is 0. The molecule has 0 fully saturated rings. The molecule has 0 radical (unpaired) electrons. The summed E-state index contributed by atoms with van der Waals surface area (Å²) in [7, 11) is 0. The van der Waals surface area contributed by atoms with Gasteiger partial charge < -0.3 is 0 Å². The highest BCUT2D eigenvalue weighted by Crippen LogP contribution is 2.32. The molecule has 0 N–H and O–H groups in total. The minimum atomic E-state index is -0.279. The maximum atomic E-state index is 13.7. The zero-order valence-electron chi connectivity index (χ0n) is 26.3. The van der Waals surface area contributed by atoms with Crippen LogP contribution in [0.3, 0.4) is 0 Å². The summed E-state index contributed by atoms with van der Waals surface area (Å²) in [5.74, 6) is 0.384. The lowest BCUT2D eigenvalue weighted by molar-refractivity contribution is 0.628. The van der Waals surface area contributed by atoms with Crippen LogP contribution < -0.4 is 0 Å². The molecule has 0 amide bonds. The smallest absolute Gasteiger partial charge is 0.160 e. The molecule has 0 atom stereocenters. The monoisotopic (exact) mass is 633 g/mol. The van der Waals surface area contributed by atoms with Gasteiger partial charge in [0, 0.05) is 34.6 Å². The molecule has 0 bridgehead atoms. The SMILES string of the molecule is Fc1ccc(-c2cc(-c3ccccn3)nc(-c3ccc(-c4ccc(-c5nc(-c6ccccc6)cc(-c6ccccc6)n5)cc4)cn3)c2)cc1. The van der Waals surface area contributed by atoms with Crippen LogP contribution in [0.25, 0.3) is 78.9 Å². The molecule has 6 heteroatoms. The van der Waals surface area contributed by atoms with Crippen molar-refractivity contribution in [1.82, 2.24) is 24.9 Å². The van der Waals surface area contributed by atoms with Crippen LogP contribution in [-0.2, 0) is 0 Å². The predicted octanol–water partition coefficient (Wildman–Crippen LogP) is 10.5. The minimum absolute atomic E-state index is 0.279. The second kappa shape index (κ2) is 13.2. The average molecular weight is 634 g/mol. The van der Waals surface area contributed by atoms with Crippen LogP contribution in [0, 0.1) is 5.82 Å². The van der Waals surface area contributed by atoms with E-state index in [9.17, 15) is 4.39 Å². The van der Waals surface area contributed by atoms with E-state index >= 15 is 0 Å². The fraction of sp³-hybridized carbons (Fsp3) is 0. The lowest BCUT2D eigenvalue weighted by Crippen LogP contribution is -1.96. The Hall–Kier alpha value is -6.66. The molecule has 0 aliphatic carbocycles. The van der Waals surface area contributed by atoms with Gasteiger partial charge in [-0.1, -0.05) is 109 Å². The van der Waals surface area contributed by atoms with E-state index in [1.54, 1.807) is 18.3 Å². The molecule has 8 aromatic rings. The van der Waals surface area contributed by atoms with Crippen molar-refractivity contribution in [3.8, 4) is 78.9 Å². The fourth-order valence-electron chi connectivity index (χ4n) is 5.73. The van der Waals surface area contributed by atoms with Crippen LogP contribution >= 0.6 is 0 Å². The van der Waals surface area contributed by atoms with E-state index in [4.69, 9.17) is 19.9 Å². The predicted molar refractivity (Wildman–Crippen MR) is 193 cm³/mol. The molecule has 0 aliphatic rings. The molecule has 8 rings (SSSR count). The van der Waals surface area contributed by atoms with E-state index in [-0.39, 0.29) is 5.82 Å². The second-order valence-corrected chi connectivity index (χ2v) is 11.6. The Morgan fingerprint density at radius 3 is 1.43 bits per heavy atom. The van der Waals surface area contributed by atoms with Crippen molar-refractivity contribution in [3.05, 3.63) is 176 Å². The summed E-state index contributed by atoms with van der Waals surface area (Å²) in [6.45, 7) is 0. The molecule has 4 heterocycles. The lowest BCUT2D eigenvalue weighted by atomic mass is 10.0. The Morgan fingerprint density at radius 1 is 0.327 bits per heavy atom. The summed E-state index contributed by atoms with van der Waals surface area (Å²) in [6.07, 6.45) is 3.60. The molecular weight excluding hydrogens is 606 g/mol. The average Bonchev–Trinajstić information content (AvgIpc) is 3.19. The van der Waals surface area contributed by atoms with Crippen molar-refractivity contribution in [2.45, 2.75) is 0 Å². The number of hydrogen-bond donors (Lipinski definition) is 0. The quantitative estimate of drug-likeness (QED) is 0.175. The third-order valence-electron chi connectivity index (χ3n) is 8.30. The Kier molecular flexibility index (Phi) is 8.02. The van der Waals surface area contributed by atoms with Crippen LogP contribution in [0.15, 0.2) is 170 Å². The summed E-state index contributed by atoms with van der Waals surface area (Å²) in [6, 6.07) is 50.8. The number of pyridine rings is 3. The largest absolute Gasteiger partial charge is 0.255 e. The zero-order valence-corrected chi connectivity index (χ0v) is 26.3. The minimum Gasteiger partial charge on any atom is -0.255 e. The topological polar surface area (TPSA) is 64.5 Å². The third kappa shape index (κ3) is 6.48. The van der Waals surface area contributed by atoms with Gasteiger partial charge in [0.05, 0.1) is 34.2 Å². The van der Waals surface area contributed by atoms with Crippen molar-refractivity contribution in [1.29, 1.82) is 0 Å². The van der Waals surface area contributed by atoms with Gasteiger partial charge in [0.2, 0.25) is 0 Å². The van der Waals surface area contributed by atoms with E-state index < -0.39 is 0 Å². The van der Waals surface area contributed by atoms with Gasteiger partial charge in [-0.3, -0.25) is 9.97 Å². The maximum absolute atomic E-state index is 13.7. The molecule has 0 saturated carbocycles. The highest BCUT2D eigenvalue weighted by molar-refractivity contribution is 5.76. The van der Waals surface area contributed by atoms with Gasteiger partial charge in [0.15, 0.2) is 5.82 Å². The molecule has 232 valence electrons. The molecule has 5 nitrogen and oxygen atoms in total. The number of halogens is 1. The summed E-state index contributed by atoms with van der Waals surface area (Å²) in [5, 5.41) is 0. The van der Waals surface area contributed by atoms with Gasteiger partial charge in [-0.15, -0.1) is 0 Å². The molecule has 0 saturated heterocycles. The van der Waals surface area contributed by atoms with E-state index in [0.717, 1.165) is 61.7 Å². The standard InChI is InChI=1S/C43H28FN5/c44-36-21-18-30(19-22-36)35-25-41(37-13-7-8-24-45-37)47-42(26-35)38-23-20-34(28-46-38)29-14-16-33(17-15-29)43-48-39(31-9-3-1-4-10-31)27-40(49-43)32-11-5-2-6-12-32/h1-28H. The Balaban J connectivity index is 1.11. The Bertz CT molecular complexity index is 2290. The van der Waals surface area contributed by atoms with Crippen LogP contribution in [0.1, 0.15) is 0 Å². The molecule has 0 unspecified atom stereocenters. The zero-order chi connectivity index (χ0) is 33.0. The molecule has 0 spiro atoms. The second-order valence-electron chi connectivity index (χ2n) is 11.6. The molecule has 49 heavy (non-hydrogen) atoms. The van der Waals surface area contributed by atoms with Gasteiger partial charge >= 0.3 is 0 Å². The van der Waals surface area contributed by atoms with Gasteiger partial charge in [0.25, 0.3) is 0 Å². The van der Waals surface area contributed by atoms with Gasteiger partial charge in [0.1, 0.15) is 5.82 Å². The first-order chi connectivity index (χ1) is 24.2. The normalized spacial score (nSPS) is 11.0. The molecule has 4 aromatic carbocycles. The molecule has 4 aromatic heterocycles. The number of nitrogens with zero attached hydrogens (tertiary/aromatic N) is 5. The van der Waals surface area contributed by atoms with Gasteiger partial charge in [-0.2, -0.15) is 0 Å². The third-order valence-corrected chi connectivity index (χ3v) is 8.30. The first kappa shape index (κ1) is 29.7. The van der Waals surface area contributed by atoms with Gasteiger partial charge in [-0.25, -0.2) is 19.3 Å². The Morgan fingerprint density at radius 2 is 0.857 bits per heavy atom. The van der Waals surface area contributed by atoms with Crippen molar-refractivity contribution < 1.29 is 4.39 Å². The van der Waals surface area contributed by atoms with Crippen molar-refractivity contribution >= 4 is 0 Å². The van der Waals surface area contributed by atoms with E-state index in [0.29, 0.717) is 17.2 Å². The molecule has 0 aliphatic heterocycles. The van der Waals surface area contributed by atoms with E-state index in [1.807, 2.05) is 91.1 Å². The maximum Gasteiger partial charge on any atom is 0.160 e. The summed E-state index contributed by atoms with van der Waals surface area (Å²) in [4.78, 5) is 24.1. The number of rotatable bonds is 7. The fourth-order valence-corrected chi connectivity index (χ4v) is 5.73. The van der Waals surface area contributed by atoms with Crippen molar-refractivity contribution in [3.63, 3.8) is 0 Å². The van der Waals surface area contributed by atoms with Crippen LogP contribution in [0.2, 0.25) is 0 Å². The van der Waals surface area contributed by atoms with E-state index in [2.05, 4.69) is 53.5 Å².